The van der Waals surface area contributed by atoms with E-state index in [0.29, 0.717) is 8.55 Å². The maximum Gasteiger partial charge on any atom is 1.00 e. The summed E-state index contributed by atoms with van der Waals surface area (Å²) in [7, 11) is -2.41. The van der Waals surface area contributed by atoms with Gasteiger partial charge in [0.05, 0.1) is 0 Å². The van der Waals surface area contributed by atoms with Crippen molar-refractivity contribution in [2.24, 2.45) is 0 Å². The van der Waals surface area contributed by atoms with Gasteiger partial charge < -0.3 is 0 Å². The molecule has 160 valence electrons. The standard InChI is InChI=1S/C26H43Si3.Na/c1-21(2)28(22(3)4,19-25-15-11-9-12-16-25)27-29(23(5)6,24(7)8)20-26-17-13-10-14-18-26;/h9-18,21-24,27H,19-20H2,1-8H3;/q-1;+1. The molecular formula is C26H43NaSi3. The van der Waals surface area contributed by atoms with Crippen molar-refractivity contribution < 1.29 is 29.6 Å². The van der Waals surface area contributed by atoms with Gasteiger partial charge in [0.2, 0.25) is 0 Å². The van der Waals surface area contributed by atoms with Crippen LogP contribution in [-0.2, 0) is 12.1 Å². The van der Waals surface area contributed by atoms with Crippen LogP contribution in [0, 0.1) is 0 Å². The Labute approximate surface area is 213 Å². The second-order valence-electron chi connectivity index (χ2n) is 10.3. The molecule has 0 nitrogen and oxygen atoms in total. The summed E-state index contributed by atoms with van der Waals surface area (Å²) in [5, 5.41) is 0. The van der Waals surface area contributed by atoms with Gasteiger partial charge >= 0.3 is 29.6 Å². The zero-order valence-electron chi connectivity index (χ0n) is 21.1. The molecule has 0 aliphatic heterocycles. The molecule has 0 heterocycles. The van der Waals surface area contributed by atoms with E-state index in [1.165, 1.54) is 12.1 Å². The van der Waals surface area contributed by atoms with Crippen LogP contribution in [0.25, 0.3) is 0 Å². The Morgan fingerprint density at radius 3 is 1.03 bits per heavy atom. The van der Waals surface area contributed by atoms with Crippen molar-refractivity contribution in [2.45, 2.75) is 89.6 Å². The van der Waals surface area contributed by atoms with E-state index in [-0.39, 0.29) is 29.6 Å². The topological polar surface area (TPSA) is 0 Å². The molecule has 0 spiro atoms. The molecule has 4 heteroatoms. The first-order chi connectivity index (χ1) is 13.6. The molecule has 0 aliphatic carbocycles. The smallest absolute Gasteiger partial charge is 0.268 e. The second-order valence-corrected chi connectivity index (χ2v) is 30.3. The van der Waals surface area contributed by atoms with E-state index in [1.807, 2.05) is 0 Å². The molecule has 2 rings (SSSR count). The van der Waals surface area contributed by atoms with Crippen molar-refractivity contribution in [3.8, 4) is 0 Å². The molecule has 0 bridgehead atoms. The molecule has 0 aromatic heterocycles. The van der Waals surface area contributed by atoms with Crippen LogP contribution in [0.15, 0.2) is 60.7 Å². The van der Waals surface area contributed by atoms with Gasteiger partial charge in [0.1, 0.15) is 0 Å². The number of hydrogen-bond donors (Lipinski definition) is 0. The number of rotatable bonds is 10. The van der Waals surface area contributed by atoms with Gasteiger partial charge in [-0.15, -0.1) is 0 Å². The summed E-state index contributed by atoms with van der Waals surface area (Å²) in [6.07, 6.45) is 0. The average Bonchev–Trinajstić information content (AvgIpc) is 2.67. The van der Waals surface area contributed by atoms with Crippen LogP contribution >= 0.6 is 0 Å². The molecule has 0 unspecified atom stereocenters. The van der Waals surface area contributed by atoms with Crippen molar-refractivity contribution in [3.63, 3.8) is 0 Å². The maximum atomic E-state index is 2.56. The normalized spacial score (nSPS) is 12.7. The van der Waals surface area contributed by atoms with Crippen LogP contribution in [0.4, 0.5) is 0 Å². The van der Waals surface area contributed by atoms with Crippen LogP contribution in [0.1, 0.15) is 66.5 Å². The zero-order valence-corrected chi connectivity index (χ0v) is 26.2. The van der Waals surface area contributed by atoms with Gasteiger partial charge in [0.15, 0.2) is 0 Å². The van der Waals surface area contributed by atoms with Crippen LogP contribution in [0.2, 0.25) is 22.2 Å². The predicted molar refractivity (Wildman–Crippen MR) is 139 cm³/mol. The maximum absolute atomic E-state index is 2.56. The van der Waals surface area contributed by atoms with Crippen LogP contribution in [0.5, 0.6) is 0 Å². The molecule has 2 aromatic rings. The molecule has 0 aliphatic rings. The van der Waals surface area contributed by atoms with Crippen molar-refractivity contribution in [1.29, 1.82) is 0 Å². The molecule has 0 N–H and O–H groups in total. The van der Waals surface area contributed by atoms with Gasteiger partial charge in [-0.25, -0.2) is 0 Å². The Balaban J connectivity index is 0.00000450. The van der Waals surface area contributed by atoms with Crippen molar-refractivity contribution in [1.82, 2.24) is 0 Å². The molecule has 0 saturated heterocycles. The Bertz CT molecular complexity index is 647. The van der Waals surface area contributed by atoms with Gasteiger partial charge in [0, 0.05) is 0 Å². The molecule has 0 atom stereocenters. The molecule has 30 heavy (non-hydrogen) atoms. The molecule has 2 aromatic carbocycles. The predicted octanol–water partition coefficient (Wildman–Crippen LogP) is 4.52. The van der Waals surface area contributed by atoms with E-state index < -0.39 is 15.2 Å². The van der Waals surface area contributed by atoms with Crippen LogP contribution in [-0.4, -0.2) is 23.7 Å². The Hall–Kier alpha value is 0.0906. The van der Waals surface area contributed by atoms with Gasteiger partial charge in [-0.3, -0.25) is 8.55 Å². The van der Waals surface area contributed by atoms with Crippen molar-refractivity contribution >= 4 is 23.7 Å². The minimum Gasteiger partial charge on any atom is -0.268 e. The van der Waals surface area contributed by atoms with E-state index >= 15 is 0 Å². The number of hydrogen-bond acceptors (Lipinski definition) is 0. The fourth-order valence-corrected chi connectivity index (χ4v) is 45.9. The van der Waals surface area contributed by atoms with E-state index in [1.54, 1.807) is 11.1 Å². The summed E-state index contributed by atoms with van der Waals surface area (Å²) in [4.78, 5) is 0. The van der Waals surface area contributed by atoms with Gasteiger partial charge in [0.25, 0.3) is 0 Å². The number of benzene rings is 2. The summed E-state index contributed by atoms with van der Waals surface area (Å²) < 4.78 is 0. The second kappa shape index (κ2) is 12.4. The quantitative estimate of drug-likeness (QED) is 0.455. The SMILES string of the molecule is CC(C)[Si](Cc1ccccc1)([SiH-][Si](Cc1ccccc1)(C(C)C)C(C)C)C(C)C.[Na+]. The molecule has 0 amide bonds. The van der Waals surface area contributed by atoms with Crippen molar-refractivity contribution in [3.05, 3.63) is 71.8 Å². The Morgan fingerprint density at radius 1 is 0.533 bits per heavy atom. The summed E-state index contributed by atoms with van der Waals surface area (Å²) in [5.74, 6) is 0. The molecular weight excluding hydrogens is 420 g/mol. The first-order valence-electron chi connectivity index (χ1n) is 11.6. The minimum absolute atomic E-state index is 0. The van der Waals surface area contributed by atoms with Gasteiger partial charge in [-0.2, -0.15) is 0 Å². The zero-order chi connectivity index (χ0) is 21.7. The Morgan fingerprint density at radius 2 is 0.800 bits per heavy atom. The first kappa shape index (κ1) is 28.1. The summed E-state index contributed by atoms with van der Waals surface area (Å²) >= 11 is 0. The van der Waals surface area contributed by atoms with E-state index in [4.69, 9.17) is 0 Å². The van der Waals surface area contributed by atoms with Gasteiger partial charge in [-0.05, 0) is 0 Å². The Kier molecular flexibility index (Phi) is 11.6. The first-order valence-corrected chi connectivity index (χ1v) is 19.9. The molecule has 0 radical (unpaired) electrons. The largest absolute Gasteiger partial charge is 1.00 e. The summed E-state index contributed by atoms with van der Waals surface area (Å²) in [6.45, 7) is 20.5. The van der Waals surface area contributed by atoms with Gasteiger partial charge in [-0.1, -0.05) is 177 Å². The average molecular weight is 463 g/mol. The van der Waals surface area contributed by atoms with Crippen LogP contribution in [0.3, 0.4) is 0 Å². The third-order valence-electron chi connectivity index (χ3n) is 7.54. The molecule has 0 fully saturated rings. The fraction of sp³-hybridized carbons (Fsp3) is 0.538. The van der Waals surface area contributed by atoms with E-state index in [2.05, 4.69) is 116 Å². The minimum atomic E-state index is -1.46. The molecule has 0 saturated carbocycles. The summed E-state index contributed by atoms with van der Waals surface area (Å²) in [6, 6.07) is 25.6. The van der Waals surface area contributed by atoms with E-state index in [9.17, 15) is 0 Å². The fourth-order valence-electron chi connectivity index (χ4n) is 5.32. The third-order valence-corrected chi connectivity index (χ3v) is 41.4. The van der Waals surface area contributed by atoms with Crippen LogP contribution < -0.4 is 29.6 Å². The van der Waals surface area contributed by atoms with Crippen molar-refractivity contribution in [2.75, 3.05) is 0 Å². The summed E-state index contributed by atoms with van der Waals surface area (Å²) in [5.41, 5.74) is 6.56. The van der Waals surface area contributed by atoms with E-state index in [0.717, 1.165) is 22.2 Å². The third kappa shape index (κ3) is 6.55. The monoisotopic (exact) mass is 462 g/mol.